The molecule has 0 aliphatic heterocycles. The molecule has 0 amide bonds. The second-order valence-electron chi connectivity index (χ2n) is 6.58. The first-order valence-corrected chi connectivity index (χ1v) is 8.10. The summed E-state index contributed by atoms with van der Waals surface area (Å²) in [6.45, 7) is 5.81. The Morgan fingerprint density at radius 1 is 1.10 bits per heavy atom. The summed E-state index contributed by atoms with van der Waals surface area (Å²) in [6, 6.07) is 0. The lowest BCUT2D eigenvalue weighted by Gasteiger charge is -2.24. The van der Waals surface area contributed by atoms with Gasteiger partial charge in [-0.1, -0.05) is 26.0 Å². The minimum Gasteiger partial charge on any atom is -0.300 e. The summed E-state index contributed by atoms with van der Waals surface area (Å²) >= 11 is 0. The maximum absolute atomic E-state index is 12.2. The van der Waals surface area contributed by atoms with Gasteiger partial charge in [0.1, 0.15) is 5.78 Å². The van der Waals surface area contributed by atoms with Crippen LogP contribution in [0.1, 0.15) is 59.3 Å². The lowest BCUT2D eigenvalue weighted by molar-refractivity contribution is -0.120. The lowest BCUT2D eigenvalue weighted by atomic mass is 9.81. The lowest BCUT2D eigenvalue weighted by Crippen LogP contribution is -2.12. The second-order valence-corrected chi connectivity index (χ2v) is 6.58. The summed E-state index contributed by atoms with van der Waals surface area (Å²) in [5.41, 5.74) is 0. The summed E-state index contributed by atoms with van der Waals surface area (Å²) in [5.74, 6) is 1.49. The SMILES string of the molecule is CC(=O)C(C)CCC(C)/C=C/C1CCC(C=C(F)F)CC1. The van der Waals surface area contributed by atoms with Gasteiger partial charge < -0.3 is 0 Å². The van der Waals surface area contributed by atoms with E-state index in [-0.39, 0.29) is 17.6 Å². The summed E-state index contributed by atoms with van der Waals surface area (Å²) in [7, 11) is 0. The van der Waals surface area contributed by atoms with Crippen molar-refractivity contribution in [2.75, 3.05) is 0 Å². The third-order valence-corrected chi connectivity index (χ3v) is 4.64. The molecule has 3 heteroatoms. The fraction of sp³-hybridized carbons (Fsp3) is 0.722. The zero-order chi connectivity index (χ0) is 15.8. The van der Waals surface area contributed by atoms with Gasteiger partial charge in [0.05, 0.1) is 0 Å². The fourth-order valence-electron chi connectivity index (χ4n) is 2.84. The molecule has 0 heterocycles. The van der Waals surface area contributed by atoms with Crippen molar-refractivity contribution in [1.29, 1.82) is 0 Å². The van der Waals surface area contributed by atoms with Gasteiger partial charge in [-0.25, -0.2) is 0 Å². The molecule has 1 fully saturated rings. The Bertz CT molecular complexity index is 375. The molecule has 120 valence electrons. The average Bonchev–Trinajstić information content (AvgIpc) is 2.43. The number of hydrogen-bond donors (Lipinski definition) is 0. The van der Waals surface area contributed by atoms with Crippen molar-refractivity contribution in [2.24, 2.45) is 23.7 Å². The molecule has 1 saturated carbocycles. The zero-order valence-corrected chi connectivity index (χ0v) is 13.4. The Morgan fingerprint density at radius 3 is 2.19 bits per heavy atom. The van der Waals surface area contributed by atoms with E-state index in [1.165, 1.54) is 0 Å². The summed E-state index contributed by atoms with van der Waals surface area (Å²) in [6.07, 6.45) is 9.77. The van der Waals surface area contributed by atoms with E-state index in [0.717, 1.165) is 44.6 Å². The number of hydrogen-bond acceptors (Lipinski definition) is 1. The molecule has 0 spiro atoms. The molecule has 0 radical (unpaired) electrons. The highest BCUT2D eigenvalue weighted by molar-refractivity contribution is 5.77. The molecule has 0 bridgehead atoms. The summed E-state index contributed by atoms with van der Waals surface area (Å²) in [5, 5.41) is 0. The van der Waals surface area contributed by atoms with Crippen LogP contribution in [0.25, 0.3) is 0 Å². The monoisotopic (exact) mass is 298 g/mol. The largest absolute Gasteiger partial charge is 0.300 e. The van der Waals surface area contributed by atoms with Crippen molar-refractivity contribution in [3.05, 3.63) is 24.3 Å². The first-order valence-electron chi connectivity index (χ1n) is 8.10. The molecule has 0 aromatic rings. The topological polar surface area (TPSA) is 17.1 Å². The summed E-state index contributed by atoms with van der Waals surface area (Å²) in [4.78, 5) is 11.2. The van der Waals surface area contributed by atoms with Crippen LogP contribution in [0.15, 0.2) is 24.3 Å². The highest BCUT2D eigenvalue weighted by Gasteiger charge is 2.19. The molecular weight excluding hydrogens is 270 g/mol. The molecule has 0 saturated heterocycles. The molecule has 2 unspecified atom stereocenters. The second kappa shape index (κ2) is 9.11. The van der Waals surface area contributed by atoms with Gasteiger partial charge in [0.2, 0.25) is 0 Å². The third kappa shape index (κ3) is 7.54. The Labute approximate surface area is 127 Å². The van der Waals surface area contributed by atoms with Gasteiger partial charge in [0.25, 0.3) is 6.08 Å². The van der Waals surface area contributed by atoms with Gasteiger partial charge in [0.15, 0.2) is 0 Å². The number of halogens is 2. The van der Waals surface area contributed by atoms with Crippen molar-refractivity contribution in [2.45, 2.75) is 59.3 Å². The molecule has 2 atom stereocenters. The Kier molecular flexibility index (Phi) is 7.84. The molecule has 1 nitrogen and oxygen atoms in total. The van der Waals surface area contributed by atoms with Crippen LogP contribution in [-0.4, -0.2) is 5.78 Å². The van der Waals surface area contributed by atoms with E-state index in [4.69, 9.17) is 0 Å². The van der Waals surface area contributed by atoms with Crippen LogP contribution in [0.5, 0.6) is 0 Å². The normalized spacial score (nSPS) is 25.6. The van der Waals surface area contributed by atoms with E-state index in [0.29, 0.717) is 11.8 Å². The highest BCUT2D eigenvalue weighted by atomic mass is 19.3. The van der Waals surface area contributed by atoms with Gasteiger partial charge in [0, 0.05) is 5.92 Å². The van der Waals surface area contributed by atoms with E-state index in [2.05, 4.69) is 19.1 Å². The van der Waals surface area contributed by atoms with E-state index < -0.39 is 6.08 Å². The van der Waals surface area contributed by atoms with Crippen molar-refractivity contribution in [3.8, 4) is 0 Å². The smallest absolute Gasteiger partial charge is 0.266 e. The predicted octanol–water partition coefficient (Wildman–Crippen LogP) is 5.77. The van der Waals surface area contributed by atoms with Crippen molar-refractivity contribution >= 4 is 5.78 Å². The van der Waals surface area contributed by atoms with Crippen LogP contribution < -0.4 is 0 Å². The van der Waals surface area contributed by atoms with E-state index in [1.54, 1.807) is 6.92 Å². The van der Waals surface area contributed by atoms with Gasteiger partial charge in [-0.3, -0.25) is 4.79 Å². The van der Waals surface area contributed by atoms with Crippen LogP contribution in [0.2, 0.25) is 0 Å². The van der Waals surface area contributed by atoms with Crippen LogP contribution in [0.3, 0.4) is 0 Å². The van der Waals surface area contributed by atoms with Gasteiger partial charge in [-0.05, 0) is 69.3 Å². The summed E-state index contributed by atoms with van der Waals surface area (Å²) < 4.78 is 24.4. The molecular formula is C18H28F2O. The molecule has 0 aromatic heterocycles. The quantitative estimate of drug-likeness (QED) is 0.545. The average molecular weight is 298 g/mol. The van der Waals surface area contributed by atoms with E-state index in [9.17, 15) is 13.6 Å². The zero-order valence-electron chi connectivity index (χ0n) is 13.4. The minimum absolute atomic E-state index is 0.0634. The molecule has 1 aliphatic carbocycles. The minimum atomic E-state index is -1.54. The number of carbonyl (C=O) groups is 1. The van der Waals surface area contributed by atoms with Crippen LogP contribution in [-0.2, 0) is 4.79 Å². The molecule has 21 heavy (non-hydrogen) atoms. The van der Waals surface area contributed by atoms with E-state index in [1.807, 2.05) is 6.92 Å². The first-order chi connectivity index (χ1) is 9.88. The number of Topliss-reactive ketones (excluding diaryl/α,β-unsaturated/α-hetero) is 1. The third-order valence-electron chi connectivity index (χ3n) is 4.64. The van der Waals surface area contributed by atoms with Gasteiger partial charge in [-0.2, -0.15) is 8.78 Å². The predicted molar refractivity (Wildman–Crippen MR) is 83.1 cm³/mol. The first kappa shape index (κ1) is 18.1. The number of rotatable bonds is 7. The number of carbonyl (C=O) groups excluding carboxylic acids is 1. The highest BCUT2D eigenvalue weighted by Crippen LogP contribution is 2.31. The van der Waals surface area contributed by atoms with Crippen LogP contribution in [0.4, 0.5) is 8.78 Å². The molecule has 1 aliphatic rings. The maximum Gasteiger partial charge on any atom is 0.266 e. The van der Waals surface area contributed by atoms with Gasteiger partial charge >= 0.3 is 0 Å². The van der Waals surface area contributed by atoms with Crippen LogP contribution >= 0.6 is 0 Å². The maximum atomic E-state index is 12.2. The van der Waals surface area contributed by atoms with Crippen molar-refractivity contribution in [3.63, 3.8) is 0 Å². The van der Waals surface area contributed by atoms with Crippen molar-refractivity contribution in [1.82, 2.24) is 0 Å². The molecule has 0 aromatic carbocycles. The fourth-order valence-corrected chi connectivity index (χ4v) is 2.84. The Balaban J connectivity index is 2.28. The molecule has 1 rings (SSSR count). The van der Waals surface area contributed by atoms with E-state index >= 15 is 0 Å². The van der Waals surface area contributed by atoms with Crippen molar-refractivity contribution < 1.29 is 13.6 Å². The van der Waals surface area contributed by atoms with Gasteiger partial charge in [-0.15, -0.1) is 0 Å². The Hall–Kier alpha value is -0.990. The molecule has 0 N–H and O–H groups in total. The number of allylic oxidation sites excluding steroid dienone is 3. The van der Waals surface area contributed by atoms with Crippen LogP contribution in [0, 0.1) is 23.7 Å². The number of ketones is 1. The Morgan fingerprint density at radius 2 is 1.67 bits per heavy atom. The standard InChI is InChI=1S/C18H28F2O/c1-13(4-6-14(2)15(3)21)5-7-16-8-10-17(11-9-16)12-18(19)20/h5,7,12-14,16-17H,4,6,8-11H2,1-3H3/b7-5+.